The summed E-state index contributed by atoms with van der Waals surface area (Å²) in [6.45, 7) is 0. The normalized spacial score (nSPS) is 10.9. The molecule has 0 fully saturated rings. The van der Waals surface area contributed by atoms with E-state index in [1.807, 2.05) is 0 Å². The van der Waals surface area contributed by atoms with Crippen molar-refractivity contribution in [3.05, 3.63) is 41.8 Å². The average Bonchev–Trinajstić information content (AvgIpc) is 2.83. The Hall–Kier alpha value is -2.67. The maximum atomic E-state index is 13.5. The van der Waals surface area contributed by atoms with Crippen molar-refractivity contribution in [3.8, 4) is 10.4 Å². The molecule has 0 aliphatic rings. The van der Waals surface area contributed by atoms with Crippen LogP contribution >= 0.6 is 11.3 Å². The Bertz CT molecular complexity index is 855. The summed E-state index contributed by atoms with van der Waals surface area (Å²) < 4.78 is 14.1. The first kappa shape index (κ1) is 13.3. The molecule has 0 saturated carbocycles. The summed E-state index contributed by atoms with van der Waals surface area (Å²) in [5.74, 6) is -0.717. The second kappa shape index (κ2) is 4.71. The predicted octanol–water partition coefficient (Wildman–Crippen LogP) is 2.37. The molecule has 2 aromatic heterocycles. The number of nitrogen functional groups attached to an aromatic ring is 2. The van der Waals surface area contributed by atoms with Crippen molar-refractivity contribution in [2.75, 3.05) is 11.5 Å². The van der Waals surface area contributed by atoms with Gasteiger partial charge in [-0.1, -0.05) is 0 Å². The molecule has 0 atom stereocenters. The first-order chi connectivity index (χ1) is 9.95. The van der Waals surface area contributed by atoms with Crippen LogP contribution in [0, 0.1) is 5.82 Å². The van der Waals surface area contributed by atoms with Crippen LogP contribution in [0.2, 0.25) is 0 Å². The van der Waals surface area contributed by atoms with Gasteiger partial charge in [0.05, 0.1) is 10.3 Å². The molecule has 2 heterocycles. The lowest BCUT2D eigenvalue weighted by Gasteiger charge is -2.00. The number of benzene rings is 1. The molecule has 0 unspecified atom stereocenters. The highest BCUT2D eigenvalue weighted by Crippen LogP contribution is 2.38. The number of carbonyl (C=O) groups excluding carboxylic acids is 1. The van der Waals surface area contributed by atoms with Gasteiger partial charge in [-0.2, -0.15) is 0 Å². The number of nitrogens with two attached hydrogens (primary N) is 3. The monoisotopic (exact) mass is 302 g/mol. The zero-order chi connectivity index (χ0) is 15.1. The fraction of sp³-hybridized carbons (Fsp3) is 0. The number of thiophene rings is 1. The molecule has 7 heteroatoms. The van der Waals surface area contributed by atoms with Gasteiger partial charge < -0.3 is 17.2 Å². The van der Waals surface area contributed by atoms with Crippen molar-refractivity contribution in [3.63, 3.8) is 0 Å². The number of primary amides is 1. The second-order valence-corrected chi connectivity index (χ2v) is 5.60. The predicted molar refractivity (Wildman–Crippen MR) is 82.4 cm³/mol. The van der Waals surface area contributed by atoms with Crippen LogP contribution in [0.3, 0.4) is 0 Å². The molecule has 3 rings (SSSR count). The van der Waals surface area contributed by atoms with E-state index in [0.29, 0.717) is 32.7 Å². The number of carbonyl (C=O) groups is 1. The fourth-order valence-electron chi connectivity index (χ4n) is 2.12. The van der Waals surface area contributed by atoms with Gasteiger partial charge in [-0.15, -0.1) is 11.3 Å². The lowest BCUT2D eigenvalue weighted by Crippen LogP contribution is -2.11. The van der Waals surface area contributed by atoms with E-state index in [1.54, 1.807) is 12.1 Å². The van der Waals surface area contributed by atoms with E-state index in [9.17, 15) is 9.18 Å². The molecule has 0 spiro atoms. The molecule has 1 aromatic carbocycles. The van der Waals surface area contributed by atoms with E-state index in [0.717, 1.165) is 4.88 Å². The summed E-state index contributed by atoms with van der Waals surface area (Å²) in [6, 6.07) is 6.01. The minimum absolute atomic E-state index is 0.292. The van der Waals surface area contributed by atoms with Gasteiger partial charge in [0.1, 0.15) is 11.6 Å². The topological polar surface area (TPSA) is 108 Å². The molecule has 21 heavy (non-hydrogen) atoms. The Morgan fingerprint density at radius 3 is 2.62 bits per heavy atom. The summed E-state index contributed by atoms with van der Waals surface area (Å²) in [4.78, 5) is 16.1. The van der Waals surface area contributed by atoms with Gasteiger partial charge >= 0.3 is 0 Å². The van der Waals surface area contributed by atoms with Crippen molar-refractivity contribution in [1.82, 2.24) is 4.98 Å². The standard InChI is InChI=1S/C14H11FN4OS/c15-7-1-6(2-8(16)3-7)11-4-9-12(21-11)10(14(18)20)5-19-13(9)17/h1-5H,16H2,(H2,17,19)(H2,18,20). The third-order valence-electron chi connectivity index (χ3n) is 3.06. The van der Waals surface area contributed by atoms with Crippen molar-refractivity contribution < 1.29 is 9.18 Å². The first-order valence-corrected chi connectivity index (χ1v) is 6.81. The SMILES string of the molecule is NC(=O)c1cnc(N)c2cc(-c3cc(N)cc(F)c3)sc12. The molecular weight excluding hydrogens is 291 g/mol. The Kier molecular flexibility index (Phi) is 2.99. The number of amides is 1. The van der Waals surface area contributed by atoms with Crippen molar-refractivity contribution >= 4 is 38.8 Å². The molecule has 0 aliphatic carbocycles. The zero-order valence-corrected chi connectivity index (χ0v) is 11.6. The minimum Gasteiger partial charge on any atom is -0.399 e. The van der Waals surface area contributed by atoms with Gasteiger partial charge in [0.25, 0.3) is 5.91 Å². The molecule has 0 bridgehead atoms. The Labute approximate surface area is 123 Å². The van der Waals surface area contributed by atoms with Crippen LogP contribution < -0.4 is 17.2 Å². The molecule has 3 aromatic rings. The van der Waals surface area contributed by atoms with Crippen LogP contribution in [0.25, 0.3) is 20.5 Å². The second-order valence-electron chi connectivity index (χ2n) is 4.55. The summed E-state index contributed by atoms with van der Waals surface area (Å²) >= 11 is 1.29. The van der Waals surface area contributed by atoms with E-state index in [1.165, 1.54) is 29.7 Å². The van der Waals surface area contributed by atoms with Crippen molar-refractivity contribution in [1.29, 1.82) is 0 Å². The van der Waals surface area contributed by atoms with Gasteiger partial charge in [0.15, 0.2) is 0 Å². The van der Waals surface area contributed by atoms with Crippen LogP contribution in [0.1, 0.15) is 10.4 Å². The molecule has 5 nitrogen and oxygen atoms in total. The number of hydrogen-bond acceptors (Lipinski definition) is 5. The third-order valence-corrected chi connectivity index (χ3v) is 4.27. The number of pyridine rings is 1. The van der Waals surface area contributed by atoms with E-state index in [-0.39, 0.29) is 0 Å². The Morgan fingerprint density at radius 2 is 1.95 bits per heavy atom. The van der Waals surface area contributed by atoms with E-state index < -0.39 is 11.7 Å². The molecule has 0 saturated heterocycles. The van der Waals surface area contributed by atoms with Gasteiger partial charge in [-0.25, -0.2) is 9.37 Å². The van der Waals surface area contributed by atoms with Crippen LogP contribution in [0.4, 0.5) is 15.9 Å². The Morgan fingerprint density at radius 1 is 1.19 bits per heavy atom. The van der Waals surface area contributed by atoms with Crippen molar-refractivity contribution in [2.45, 2.75) is 0 Å². The molecular formula is C14H11FN4OS. The molecule has 0 radical (unpaired) electrons. The number of rotatable bonds is 2. The van der Waals surface area contributed by atoms with Crippen LogP contribution in [-0.2, 0) is 0 Å². The zero-order valence-electron chi connectivity index (χ0n) is 10.8. The number of nitrogens with zero attached hydrogens (tertiary/aromatic N) is 1. The highest BCUT2D eigenvalue weighted by molar-refractivity contribution is 7.22. The van der Waals surface area contributed by atoms with Crippen molar-refractivity contribution in [2.24, 2.45) is 5.73 Å². The maximum Gasteiger partial charge on any atom is 0.251 e. The maximum absolute atomic E-state index is 13.5. The minimum atomic E-state index is -0.584. The van der Waals surface area contributed by atoms with Gasteiger partial charge in [-0.05, 0) is 29.8 Å². The summed E-state index contributed by atoms with van der Waals surface area (Å²) in [5.41, 5.74) is 18.0. The molecule has 0 aliphatic heterocycles. The van der Waals surface area contributed by atoms with E-state index in [2.05, 4.69) is 4.98 Å². The first-order valence-electron chi connectivity index (χ1n) is 6.00. The molecule has 1 amide bonds. The van der Waals surface area contributed by atoms with E-state index in [4.69, 9.17) is 17.2 Å². The highest BCUT2D eigenvalue weighted by Gasteiger charge is 2.15. The van der Waals surface area contributed by atoms with Gasteiger partial charge in [0, 0.05) is 22.1 Å². The van der Waals surface area contributed by atoms with Crippen LogP contribution in [0.5, 0.6) is 0 Å². The fourth-order valence-corrected chi connectivity index (χ4v) is 3.29. The summed E-state index contributed by atoms with van der Waals surface area (Å²) in [6.07, 6.45) is 1.35. The lowest BCUT2D eigenvalue weighted by atomic mass is 10.1. The number of fused-ring (bicyclic) bond motifs is 1. The Balaban J connectivity index is 2.28. The number of hydrogen-bond donors (Lipinski definition) is 3. The molecule has 6 N–H and O–H groups in total. The average molecular weight is 302 g/mol. The summed E-state index contributed by atoms with van der Waals surface area (Å²) in [7, 11) is 0. The number of halogens is 1. The van der Waals surface area contributed by atoms with Gasteiger partial charge in [-0.3, -0.25) is 4.79 Å². The van der Waals surface area contributed by atoms with E-state index >= 15 is 0 Å². The van der Waals surface area contributed by atoms with Gasteiger partial charge in [0.2, 0.25) is 0 Å². The van der Waals surface area contributed by atoms with Crippen LogP contribution in [-0.4, -0.2) is 10.9 Å². The van der Waals surface area contributed by atoms with Crippen LogP contribution in [0.15, 0.2) is 30.5 Å². The third kappa shape index (κ3) is 2.27. The molecule has 106 valence electrons. The lowest BCUT2D eigenvalue weighted by molar-refractivity contribution is 0.100. The number of anilines is 2. The smallest absolute Gasteiger partial charge is 0.251 e. The largest absolute Gasteiger partial charge is 0.399 e. The highest BCUT2D eigenvalue weighted by atomic mass is 32.1. The number of aromatic nitrogens is 1. The quantitative estimate of drug-likeness (QED) is 0.631. The summed E-state index contributed by atoms with van der Waals surface area (Å²) in [5, 5.41) is 0.620.